The number of rotatable bonds is 3. The van der Waals surface area contributed by atoms with Gasteiger partial charge in [0.2, 0.25) is 0 Å². The van der Waals surface area contributed by atoms with E-state index in [-0.39, 0.29) is 11.5 Å². The van der Waals surface area contributed by atoms with Gasteiger partial charge in [-0.05, 0) is 48.7 Å². The molecule has 3 aromatic rings. The molecule has 128 valence electrons. The Kier molecular flexibility index (Phi) is 3.93. The van der Waals surface area contributed by atoms with E-state index in [1.165, 1.54) is 12.1 Å². The fraction of sp³-hybridized carbons (Fsp3) is 0.100. The van der Waals surface area contributed by atoms with Crippen molar-refractivity contribution >= 4 is 17.5 Å². The number of Topliss-reactive ketones (excluding diaryl/α,β-unsaturated/α-hetero) is 1. The highest BCUT2D eigenvalue weighted by Gasteiger charge is 2.26. The third-order valence-corrected chi connectivity index (χ3v) is 4.48. The number of hydrogen-bond donors (Lipinski definition) is 0. The quantitative estimate of drug-likeness (QED) is 0.408. The SMILES string of the molecule is O=C1C(=Cc2ccc([N+](=O)[O-])cc2)CCc2c1cnn2-c1ccccc1. The first-order chi connectivity index (χ1) is 12.6. The second-order valence-electron chi connectivity index (χ2n) is 6.10. The molecule has 4 rings (SSSR count). The van der Waals surface area contributed by atoms with Crippen molar-refractivity contribution in [2.24, 2.45) is 0 Å². The highest BCUT2D eigenvalue weighted by Crippen LogP contribution is 2.28. The Morgan fingerprint density at radius 2 is 1.77 bits per heavy atom. The van der Waals surface area contributed by atoms with Crippen molar-refractivity contribution in [1.29, 1.82) is 0 Å². The van der Waals surface area contributed by atoms with Crippen LogP contribution in [-0.4, -0.2) is 20.5 Å². The Hall–Kier alpha value is -3.54. The van der Waals surface area contributed by atoms with Crippen molar-refractivity contribution in [2.75, 3.05) is 0 Å². The molecule has 0 bridgehead atoms. The van der Waals surface area contributed by atoms with Gasteiger partial charge >= 0.3 is 0 Å². The highest BCUT2D eigenvalue weighted by atomic mass is 16.6. The van der Waals surface area contributed by atoms with Gasteiger partial charge in [0, 0.05) is 17.7 Å². The van der Waals surface area contributed by atoms with Crippen molar-refractivity contribution < 1.29 is 9.72 Å². The molecular formula is C20H15N3O3. The molecular weight excluding hydrogens is 330 g/mol. The van der Waals surface area contributed by atoms with Gasteiger partial charge in [0.1, 0.15) is 0 Å². The maximum atomic E-state index is 12.8. The highest BCUT2D eigenvalue weighted by molar-refractivity contribution is 6.12. The zero-order chi connectivity index (χ0) is 18.1. The molecule has 0 N–H and O–H groups in total. The van der Waals surface area contributed by atoms with Gasteiger partial charge in [-0.15, -0.1) is 0 Å². The molecule has 6 nitrogen and oxygen atoms in total. The minimum absolute atomic E-state index is 0.0354. The molecule has 0 fully saturated rings. The van der Waals surface area contributed by atoms with Gasteiger partial charge in [0.05, 0.1) is 28.1 Å². The zero-order valence-electron chi connectivity index (χ0n) is 13.8. The number of benzene rings is 2. The summed E-state index contributed by atoms with van der Waals surface area (Å²) in [7, 11) is 0. The van der Waals surface area contributed by atoms with Crippen LogP contribution in [0.2, 0.25) is 0 Å². The van der Waals surface area contributed by atoms with Crippen LogP contribution in [0.4, 0.5) is 5.69 Å². The lowest BCUT2D eigenvalue weighted by Gasteiger charge is -2.16. The minimum atomic E-state index is -0.438. The summed E-state index contributed by atoms with van der Waals surface area (Å²) < 4.78 is 1.82. The summed E-state index contributed by atoms with van der Waals surface area (Å²) in [4.78, 5) is 23.1. The standard InChI is InChI=1S/C20H15N3O3/c24-20-15(12-14-6-9-17(10-7-14)23(25)26)8-11-19-18(20)13-21-22(19)16-4-2-1-3-5-16/h1-7,9-10,12-13H,8,11H2. The summed E-state index contributed by atoms with van der Waals surface area (Å²) in [5.41, 5.74) is 3.98. The number of allylic oxidation sites excluding steroid dienone is 1. The van der Waals surface area contributed by atoms with E-state index in [0.717, 1.165) is 23.4 Å². The molecule has 1 aliphatic carbocycles. The Bertz CT molecular complexity index is 1020. The van der Waals surface area contributed by atoms with Crippen molar-refractivity contribution in [2.45, 2.75) is 12.8 Å². The molecule has 1 aliphatic rings. The lowest BCUT2D eigenvalue weighted by Crippen LogP contribution is -2.15. The molecule has 0 saturated heterocycles. The average Bonchev–Trinajstić information content (AvgIpc) is 3.10. The number of nitrogens with zero attached hydrogens (tertiary/aromatic N) is 3. The number of ketones is 1. The van der Waals surface area contributed by atoms with E-state index in [1.807, 2.05) is 35.0 Å². The Balaban J connectivity index is 1.65. The van der Waals surface area contributed by atoms with Crippen molar-refractivity contribution in [3.63, 3.8) is 0 Å². The maximum Gasteiger partial charge on any atom is 0.269 e. The van der Waals surface area contributed by atoms with Crippen LogP contribution < -0.4 is 0 Å². The molecule has 0 atom stereocenters. The Labute approximate surface area is 149 Å². The summed E-state index contributed by atoms with van der Waals surface area (Å²) in [6.07, 6.45) is 4.75. The van der Waals surface area contributed by atoms with Crippen molar-refractivity contribution in [3.8, 4) is 5.69 Å². The summed E-state index contributed by atoms with van der Waals surface area (Å²) in [6.45, 7) is 0. The topological polar surface area (TPSA) is 78.0 Å². The fourth-order valence-corrected chi connectivity index (χ4v) is 3.17. The van der Waals surface area contributed by atoms with Crippen LogP contribution in [0, 0.1) is 10.1 Å². The van der Waals surface area contributed by atoms with Crippen molar-refractivity contribution in [3.05, 3.63) is 93.3 Å². The van der Waals surface area contributed by atoms with E-state index in [4.69, 9.17) is 0 Å². The molecule has 0 unspecified atom stereocenters. The fourth-order valence-electron chi connectivity index (χ4n) is 3.17. The summed E-state index contributed by atoms with van der Waals surface area (Å²) >= 11 is 0. The number of aromatic nitrogens is 2. The molecule has 0 spiro atoms. The van der Waals surface area contributed by atoms with Gasteiger partial charge < -0.3 is 0 Å². The molecule has 2 aromatic carbocycles. The first kappa shape index (κ1) is 16.0. The molecule has 6 heteroatoms. The van der Waals surface area contributed by atoms with E-state index >= 15 is 0 Å². The van der Waals surface area contributed by atoms with Gasteiger partial charge in [-0.2, -0.15) is 5.10 Å². The molecule has 1 aromatic heterocycles. The van der Waals surface area contributed by atoms with E-state index in [1.54, 1.807) is 24.4 Å². The summed E-state index contributed by atoms with van der Waals surface area (Å²) in [6, 6.07) is 15.9. The second kappa shape index (κ2) is 6.40. The van der Waals surface area contributed by atoms with E-state index in [2.05, 4.69) is 5.10 Å². The van der Waals surface area contributed by atoms with Gasteiger partial charge in [-0.3, -0.25) is 14.9 Å². The minimum Gasteiger partial charge on any atom is -0.289 e. The molecule has 0 radical (unpaired) electrons. The number of nitro benzene ring substituents is 1. The normalized spacial score (nSPS) is 15.1. The Morgan fingerprint density at radius 1 is 1.04 bits per heavy atom. The number of carbonyl (C=O) groups is 1. The smallest absolute Gasteiger partial charge is 0.269 e. The van der Waals surface area contributed by atoms with Crippen molar-refractivity contribution in [1.82, 2.24) is 9.78 Å². The van der Waals surface area contributed by atoms with Crippen LogP contribution in [0.1, 0.15) is 28.0 Å². The van der Waals surface area contributed by atoms with Gasteiger partial charge in [-0.1, -0.05) is 18.2 Å². The van der Waals surface area contributed by atoms with Crippen LogP contribution in [0.15, 0.2) is 66.4 Å². The second-order valence-corrected chi connectivity index (χ2v) is 6.10. The molecule has 26 heavy (non-hydrogen) atoms. The lowest BCUT2D eigenvalue weighted by atomic mass is 9.90. The monoisotopic (exact) mass is 345 g/mol. The maximum absolute atomic E-state index is 12.8. The van der Waals surface area contributed by atoms with Gasteiger partial charge in [-0.25, -0.2) is 4.68 Å². The summed E-state index contributed by atoms with van der Waals surface area (Å²) in [5.74, 6) is -0.0354. The predicted octanol–water partition coefficient (Wildman–Crippen LogP) is 3.99. The first-order valence-electron chi connectivity index (χ1n) is 8.25. The largest absolute Gasteiger partial charge is 0.289 e. The van der Waals surface area contributed by atoms with E-state index in [9.17, 15) is 14.9 Å². The van der Waals surface area contributed by atoms with Crippen LogP contribution in [0.5, 0.6) is 0 Å². The number of hydrogen-bond acceptors (Lipinski definition) is 4. The molecule has 0 amide bonds. The number of carbonyl (C=O) groups excluding carboxylic acids is 1. The number of fused-ring (bicyclic) bond motifs is 1. The zero-order valence-corrected chi connectivity index (χ0v) is 13.8. The molecule has 1 heterocycles. The van der Waals surface area contributed by atoms with Crippen LogP contribution in [0.3, 0.4) is 0 Å². The number of para-hydroxylation sites is 1. The Morgan fingerprint density at radius 3 is 2.46 bits per heavy atom. The number of nitro groups is 1. The number of non-ortho nitro benzene ring substituents is 1. The van der Waals surface area contributed by atoms with E-state index in [0.29, 0.717) is 17.6 Å². The summed E-state index contributed by atoms with van der Waals surface area (Å²) in [5, 5.41) is 15.1. The predicted molar refractivity (Wildman–Crippen MR) is 97.3 cm³/mol. The van der Waals surface area contributed by atoms with Crippen LogP contribution >= 0.6 is 0 Å². The van der Waals surface area contributed by atoms with Gasteiger partial charge in [0.15, 0.2) is 5.78 Å². The molecule has 0 saturated carbocycles. The van der Waals surface area contributed by atoms with Crippen LogP contribution in [-0.2, 0) is 6.42 Å². The third-order valence-electron chi connectivity index (χ3n) is 4.48. The third kappa shape index (κ3) is 2.82. The lowest BCUT2D eigenvalue weighted by molar-refractivity contribution is -0.384. The first-order valence-corrected chi connectivity index (χ1v) is 8.25. The van der Waals surface area contributed by atoms with E-state index < -0.39 is 4.92 Å². The average molecular weight is 345 g/mol. The van der Waals surface area contributed by atoms with Crippen LogP contribution in [0.25, 0.3) is 11.8 Å². The van der Waals surface area contributed by atoms with Gasteiger partial charge in [0.25, 0.3) is 5.69 Å². The molecule has 0 aliphatic heterocycles.